The van der Waals surface area contributed by atoms with Gasteiger partial charge in [-0.2, -0.15) is 0 Å². The van der Waals surface area contributed by atoms with Gasteiger partial charge in [-0.05, 0) is 57.6 Å². The topological polar surface area (TPSA) is 38.8 Å². The number of carbonyl (C=O) groups excluding carboxylic acids is 1. The van der Waals surface area contributed by atoms with Crippen molar-refractivity contribution in [1.29, 1.82) is 0 Å². The monoisotopic (exact) mass is 345 g/mol. The average molecular weight is 345 g/mol. The highest BCUT2D eigenvalue weighted by Crippen LogP contribution is 2.50. The fraction of sp³-hybridized carbons (Fsp3) is 0.632. The molecular formula is C19H25BFNO3. The Morgan fingerprint density at radius 2 is 1.64 bits per heavy atom. The van der Waals surface area contributed by atoms with Crippen LogP contribution in [-0.4, -0.2) is 24.2 Å². The normalized spacial score (nSPS) is 26.4. The molecule has 1 saturated heterocycles. The lowest BCUT2D eigenvalue weighted by Gasteiger charge is -2.32. The first-order valence-corrected chi connectivity index (χ1v) is 9.18. The van der Waals surface area contributed by atoms with E-state index in [0.29, 0.717) is 10.8 Å². The number of hydrogen-bond donors (Lipinski definition) is 0. The smallest absolute Gasteiger partial charge is 0.399 e. The van der Waals surface area contributed by atoms with E-state index in [-0.39, 0.29) is 0 Å². The van der Waals surface area contributed by atoms with E-state index in [2.05, 4.69) is 0 Å². The molecule has 134 valence electrons. The minimum Gasteiger partial charge on any atom is -0.399 e. The van der Waals surface area contributed by atoms with Crippen molar-refractivity contribution in [3.05, 3.63) is 23.8 Å². The molecule has 0 atom stereocenters. The Labute approximate surface area is 148 Å². The van der Waals surface area contributed by atoms with Crippen molar-refractivity contribution in [2.45, 2.75) is 76.4 Å². The Morgan fingerprint density at radius 3 is 2.24 bits per heavy atom. The highest BCUT2D eigenvalue weighted by molar-refractivity contribution is 6.62. The minimum absolute atomic E-state index is 0.343. The van der Waals surface area contributed by atoms with Gasteiger partial charge in [0.05, 0.1) is 22.3 Å². The van der Waals surface area contributed by atoms with Gasteiger partial charge in [0, 0.05) is 0 Å². The Kier molecular flexibility index (Phi) is 3.61. The maximum absolute atomic E-state index is 14.7. The summed E-state index contributed by atoms with van der Waals surface area (Å²) in [4.78, 5) is 12.7. The summed E-state index contributed by atoms with van der Waals surface area (Å²) in [6.07, 6.45) is 4.52. The van der Waals surface area contributed by atoms with E-state index < -0.39 is 29.6 Å². The van der Waals surface area contributed by atoms with E-state index in [9.17, 15) is 9.28 Å². The van der Waals surface area contributed by atoms with Gasteiger partial charge < -0.3 is 9.31 Å². The zero-order valence-corrected chi connectivity index (χ0v) is 15.4. The summed E-state index contributed by atoms with van der Waals surface area (Å²) in [6, 6.07) is 5.54. The molecule has 6 heteroatoms. The standard InChI is InChI=1S/C19H25BFNO3/c1-17(2)18(3,4)25-20(24-17)13-8-9-14-15(12-13)22(21)16(23)19(14)10-6-5-7-11-19/h8-9,12H,5-7,10-11H2,1-4H3. The summed E-state index contributed by atoms with van der Waals surface area (Å²) < 4.78 is 26.8. The van der Waals surface area contributed by atoms with Crippen molar-refractivity contribution in [1.82, 2.24) is 0 Å². The highest BCUT2D eigenvalue weighted by atomic mass is 19.2. The van der Waals surface area contributed by atoms with Crippen molar-refractivity contribution in [3.8, 4) is 0 Å². The summed E-state index contributed by atoms with van der Waals surface area (Å²) in [5.41, 5.74) is 0.357. The Morgan fingerprint density at radius 1 is 1.04 bits per heavy atom. The first kappa shape index (κ1) is 17.0. The van der Waals surface area contributed by atoms with Gasteiger partial charge in [0.15, 0.2) is 0 Å². The van der Waals surface area contributed by atoms with Gasteiger partial charge in [0.1, 0.15) is 0 Å². The van der Waals surface area contributed by atoms with Crippen molar-refractivity contribution in [2.75, 3.05) is 5.12 Å². The van der Waals surface area contributed by atoms with E-state index in [0.717, 1.165) is 43.1 Å². The van der Waals surface area contributed by atoms with Crippen LogP contribution >= 0.6 is 0 Å². The molecule has 0 unspecified atom stereocenters. The molecule has 1 aromatic rings. The summed E-state index contributed by atoms with van der Waals surface area (Å²) in [6.45, 7) is 7.95. The van der Waals surface area contributed by atoms with E-state index in [1.807, 2.05) is 39.8 Å². The van der Waals surface area contributed by atoms with Gasteiger partial charge in [0.2, 0.25) is 0 Å². The van der Waals surface area contributed by atoms with E-state index in [1.54, 1.807) is 6.07 Å². The van der Waals surface area contributed by atoms with Crippen LogP contribution in [-0.2, 0) is 19.5 Å². The molecule has 1 saturated carbocycles. The van der Waals surface area contributed by atoms with E-state index in [4.69, 9.17) is 9.31 Å². The largest absolute Gasteiger partial charge is 0.494 e. The molecule has 1 amide bonds. The molecule has 2 fully saturated rings. The molecule has 4 rings (SSSR count). The number of nitrogens with zero attached hydrogens (tertiary/aromatic N) is 1. The van der Waals surface area contributed by atoms with E-state index in [1.165, 1.54) is 0 Å². The van der Waals surface area contributed by atoms with Gasteiger partial charge in [-0.1, -0.05) is 35.9 Å². The van der Waals surface area contributed by atoms with Crippen LogP contribution in [0.1, 0.15) is 65.4 Å². The van der Waals surface area contributed by atoms with Crippen LogP contribution in [0, 0.1) is 0 Å². The first-order valence-electron chi connectivity index (χ1n) is 9.18. The molecule has 2 heterocycles. The first-order chi connectivity index (χ1) is 11.7. The number of benzene rings is 1. The fourth-order valence-corrected chi connectivity index (χ4v) is 4.29. The van der Waals surface area contributed by atoms with Gasteiger partial charge in [-0.3, -0.25) is 4.79 Å². The van der Waals surface area contributed by atoms with Crippen molar-refractivity contribution >= 4 is 24.2 Å². The Hall–Kier alpha value is -1.40. The lowest BCUT2D eigenvalue weighted by molar-refractivity contribution is -0.126. The zero-order valence-electron chi connectivity index (χ0n) is 15.4. The molecular weight excluding hydrogens is 320 g/mol. The van der Waals surface area contributed by atoms with Crippen LogP contribution < -0.4 is 10.6 Å². The third-order valence-corrected chi connectivity index (χ3v) is 6.57. The molecule has 25 heavy (non-hydrogen) atoms. The van der Waals surface area contributed by atoms with Crippen LogP contribution in [0.4, 0.5) is 10.2 Å². The molecule has 1 spiro atoms. The molecule has 1 aliphatic carbocycles. The van der Waals surface area contributed by atoms with Crippen LogP contribution in [0.2, 0.25) is 0 Å². The minimum atomic E-state index is -0.670. The summed E-state index contributed by atoms with van der Waals surface area (Å²) in [7, 11) is -0.554. The predicted octanol–water partition coefficient (Wildman–Crippen LogP) is 3.42. The third-order valence-electron chi connectivity index (χ3n) is 6.57. The zero-order chi connectivity index (χ0) is 18.0. The summed E-state index contributed by atoms with van der Waals surface area (Å²) in [5.74, 6) is -0.409. The number of carbonyl (C=O) groups is 1. The number of rotatable bonds is 1. The van der Waals surface area contributed by atoms with Crippen molar-refractivity contribution in [2.24, 2.45) is 0 Å². The highest BCUT2D eigenvalue weighted by Gasteiger charge is 2.54. The van der Waals surface area contributed by atoms with Gasteiger partial charge in [-0.25, -0.2) is 0 Å². The number of anilines is 1. The van der Waals surface area contributed by atoms with Gasteiger partial charge in [0.25, 0.3) is 5.91 Å². The Balaban J connectivity index is 1.71. The molecule has 1 aromatic carbocycles. The van der Waals surface area contributed by atoms with E-state index >= 15 is 0 Å². The van der Waals surface area contributed by atoms with Crippen LogP contribution in [0.25, 0.3) is 0 Å². The number of hydrogen-bond acceptors (Lipinski definition) is 3. The van der Waals surface area contributed by atoms with Crippen LogP contribution in [0.5, 0.6) is 0 Å². The quantitative estimate of drug-likeness (QED) is 0.578. The van der Waals surface area contributed by atoms with Gasteiger partial charge in [-0.15, -0.1) is 5.12 Å². The molecule has 0 N–H and O–H groups in total. The average Bonchev–Trinajstić information content (AvgIpc) is 2.91. The van der Waals surface area contributed by atoms with Crippen molar-refractivity contribution in [3.63, 3.8) is 0 Å². The second-order valence-corrected chi connectivity index (χ2v) is 8.59. The number of halogens is 1. The maximum Gasteiger partial charge on any atom is 0.494 e. The number of fused-ring (bicyclic) bond motifs is 2. The van der Waals surface area contributed by atoms with Crippen molar-refractivity contribution < 1.29 is 18.6 Å². The molecule has 0 radical (unpaired) electrons. The lowest BCUT2D eigenvalue weighted by atomic mass is 9.69. The lowest BCUT2D eigenvalue weighted by Crippen LogP contribution is -2.41. The van der Waals surface area contributed by atoms with Gasteiger partial charge >= 0.3 is 7.12 Å². The Bertz CT molecular complexity index is 711. The second kappa shape index (κ2) is 5.30. The van der Waals surface area contributed by atoms with Crippen LogP contribution in [0.3, 0.4) is 0 Å². The third kappa shape index (κ3) is 2.30. The molecule has 4 nitrogen and oxygen atoms in total. The fourth-order valence-electron chi connectivity index (χ4n) is 4.29. The molecule has 0 aromatic heterocycles. The molecule has 2 aliphatic heterocycles. The SMILES string of the molecule is CC1(C)OB(c2ccc3c(c2)N(F)C(=O)C32CCCCC2)OC1(C)C. The molecule has 3 aliphatic rings. The second-order valence-electron chi connectivity index (χ2n) is 8.59. The maximum atomic E-state index is 14.7. The predicted molar refractivity (Wildman–Crippen MR) is 95.5 cm³/mol. The molecule has 0 bridgehead atoms. The van der Waals surface area contributed by atoms with Crippen LogP contribution in [0.15, 0.2) is 18.2 Å². The summed E-state index contributed by atoms with van der Waals surface area (Å²) in [5, 5.41) is 0.343. The summed E-state index contributed by atoms with van der Waals surface area (Å²) >= 11 is 0. The number of amides is 1.